The Hall–Kier alpha value is -3.17. The fourth-order valence-corrected chi connectivity index (χ4v) is 4.07. The lowest BCUT2D eigenvalue weighted by atomic mass is 10.1. The molecule has 3 rings (SSSR count). The summed E-state index contributed by atoms with van der Waals surface area (Å²) in [4.78, 5) is 38.8. The number of thioether (sulfide) groups is 1. The van der Waals surface area contributed by atoms with E-state index in [1.54, 1.807) is 31.2 Å². The molecule has 1 saturated heterocycles. The van der Waals surface area contributed by atoms with Crippen molar-refractivity contribution in [3.8, 4) is 5.75 Å². The van der Waals surface area contributed by atoms with Crippen molar-refractivity contribution in [3.63, 3.8) is 0 Å². The van der Waals surface area contributed by atoms with Crippen molar-refractivity contribution >= 4 is 52.1 Å². The maximum atomic E-state index is 12.7. The Morgan fingerprint density at radius 1 is 1.13 bits per heavy atom. The van der Waals surface area contributed by atoms with Crippen LogP contribution in [0.4, 0.5) is 0 Å². The van der Waals surface area contributed by atoms with Crippen LogP contribution in [0, 0.1) is 6.92 Å². The topological polar surface area (TPSA) is 87.7 Å². The highest BCUT2D eigenvalue weighted by Crippen LogP contribution is 2.32. The molecule has 1 aliphatic rings. The fraction of sp³-hybridized carbons (Fsp3) is 0.182. The van der Waals surface area contributed by atoms with Crippen molar-refractivity contribution in [1.29, 1.82) is 0 Å². The van der Waals surface area contributed by atoms with E-state index in [2.05, 4.69) is 10.9 Å². The summed E-state index contributed by atoms with van der Waals surface area (Å²) in [7, 11) is 0. The third-order valence-electron chi connectivity index (χ3n) is 4.37. The Labute approximate surface area is 189 Å². The van der Waals surface area contributed by atoms with Gasteiger partial charge < -0.3 is 4.74 Å². The van der Waals surface area contributed by atoms with Gasteiger partial charge in [-0.2, -0.15) is 0 Å². The first-order chi connectivity index (χ1) is 14.9. The smallest absolute Gasteiger partial charge is 0.269 e. The highest BCUT2D eigenvalue weighted by atomic mass is 32.2. The summed E-state index contributed by atoms with van der Waals surface area (Å²) in [5.41, 5.74) is 6.73. The standard InChI is InChI=1S/C22H21N3O4S2/c1-3-29-16-10-8-15(9-11-16)12-18-21(28)25(22(30)31-18)13-19(26)23-24-20(27)17-7-5-4-6-14(17)2/h4-12H,3,13H2,1-2H3,(H,23,26)(H,24,27). The van der Waals surface area contributed by atoms with Crippen molar-refractivity contribution in [2.75, 3.05) is 13.2 Å². The molecule has 1 aliphatic heterocycles. The summed E-state index contributed by atoms with van der Waals surface area (Å²) in [6.07, 6.45) is 1.72. The normalized spacial score (nSPS) is 14.6. The number of benzene rings is 2. The molecule has 2 aromatic carbocycles. The minimum absolute atomic E-state index is 0.280. The van der Waals surface area contributed by atoms with E-state index in [4.69, 9.17) is 17.0 Å². The number of nitrogens with zero attached hydrogens (tertiary/aromatic N) is 1. The van der Waals surface area contributed by atoms with E-state index in [9.17, 15) is 14.4 Å². The number of nitrogens with one attached hydrogen (secondary N) is 2. The number of ether oxygens (including phenoxy) is 1. The quantitative estimate of drug-likeness (QED) is 0.396. The SMILES string of the molecule is CCOc1ccc(C=C2SC(=S)N(CC(=O)NNC(=O)c3ccccc3C)C2=O)cc1. The second kappa shape index (κ2) is 10.2. The second-order valence-electron chi connectivity index (χ2n) is 6.59. The van der Waals surface area contributed by atoms with E-state index in [0.717, 1.165) is 28.6 Å². The van der Waals surface area contributed by atoms with Gasteiger partial charge in [-0.05, 0) is 49.2 Å². The fourth-order valence-electron chi connectivity index (χ4n) is 2.82. The number of rotatable bonds is 6. The van der Waals surface area contributed by atoms with Gasteiger partial charge in [0, 0.05) is 5.56 Å². The van der Waals surface area contributed by atoms with Crippen LogP contribution in [-0.4, -0.2) is 40.1 Å². The van der Waals surface area contributed by atoms with E-state index in [1.807, 2.05) is 37.3 Å². The first-order valence-electron chi connectivity index (χ1n) is 9.52. The molecule has 0 aliphatic carbocycles. The number of hydrogen-bond acceptors (Lipinski definition) is 6. The highest BCUT2D eigenvalue weighted by Gasteiger charge is 2.33. The Kier molecular flexibility index (Phi) is 7.43. The van der Waals surface area contributed by atoms with E-state index in [0.29, 0.717) is 17.1 Å². The number of thiocarbonyl (C=S) groups is 1. The van der Waals surface area contributed by atoms with Crippen molar-refractivity contribution in [2.24, 2.45) is 0 Å². The molecule has 0 bridgehead atoms. The summed E-state index contributed by atoms with van der Waals surface area (Å²) < 4.78 is 5.69. The Morgan fingerprint density at radius 2 is 1.84 bits per heavy atom. The van der Waals surface area contributed by atoms with Crippen LogP contribution in [0.25, 0.3) is 6.08 Å². The molecule has 31 heavy (non-hydrogen) atoms. The minimum atomic E-state index is -0.555. The van der Waals surface area contributed by atoms with Gasteiger partial charge >= 0.3 is 0 Å². The third kappa shape index (κ3) is 5.71. The van der Waals surface area contributed by atoms with Crippen LogP contribution in [0.3, 0.4) is 0 Å². The number of carbonyl (C=O) groups excluding carboxylic acids is 3. The van der Waals surface area contributed by atoms with Crippen LogP contribution in [0.1, 0.15) is 28.4 Å². The van der Waals surface area contributed by atoms with Crippen LogP contribution in [0.15, 0.2) is 53.4 Å². The molecule has 3 amide bonds. The van der Waals surface area contributed by atoms with Gasteiger partial charge in [-0.25, -0.2) is 0 Å². The van der Waals surface area contributed by atoms with Gasteiger partial charge in [-0.1, -0.05) is 54.3 Å². The minimum Gasteiger partial charge on any atom is -0.494 e. The van der Waals surface area contributed by atoms with Crippen molar-refractivity contribution in [3.05, 3.63) is 70.1 Å². The molecule has 0 unspecified atom stereocenters. The predicted molar refractivity (Wildman–Crippen MR) is 124 cm³/mol. The summed E-state index contributed by atoms with van der Waals surface area (Å²) in [5, 5.41) is 0. The molecule has 0 spiro atoms. The average Bonchev–Trinajstić information content (AvgIpc) is 3.01. The van der Waals surface area contributed by atoms with Crippen LogP contribution >= 0.6 is 24.0 Å². The summed E-state index contributed by atoms with van der Waals surface area (Å²) in [5.74, 6) is -0.603. The first-order valence-corrected chi connectivity index (χ1v) is 10.7. The van der Waals surface area contributed by atoms with Gasteiger partial charge in [0.1, 0.15) is 16.6 Å². The van der Waals surface area contributed by atoms with Gasteiger partial charge in [0.25, 0.3) is 17.7 Å². The number of aryl methyl sites for hydroxylation is 1. The Balaban J connectivity index is 1.58. The van der Waals surface area contributed by atoms with Gasteiger partial charge in [0.05, 0.1) is 11.5 Å². The number of carbonyl (C=O) groups is 3. The predicted octanol–water partition coefficient (Wildman–Crippen LogP) is 3.06. The lowest BCUT2D eigenvalue weighted by molar-refractivity contribution is -0.129. The van der Waals surface area contributed by atoms with E-state index in [1.165, 1.54) is 4.90 Å². The molecule has 2 N–H and O–H groups in total. The molecule has 1 heterocycles. The molecular formula is C22H21N3O4S2. The third-order valence-corrected chi connectivity index (χ3v) is 5.75. The summed E-state index contributed by atoms with van der Waals surface area (Å²) >= 11 is 6.38. The lowest BCUT2D eigenvalue weighted by Crippen LogP contribution is -2.47. The molecule has 7 nitrogen and oxygen atoms in total. The molecule has 9 heteroatoms. The highest BCUT2D eigenvalue weighted by molar-refractivity contribution is 8.26. The van der Waals surface area contributed by atoms with E-state index < -0.39 is 11.8 Å². The zero-order valence-electron chi connectivity index (χ0n) is 17.0. The number of amides is 3. The summed E-state index contributed by atoms with van der Waals surface area (Å²) in [6.45, 7) is 3.99. The van der Waals surface area contributed by atoms with Gasteiger partial charge in [-0.3, -0.25) is 30.1 Å². The zero-order valence-corrected chi connectivity index (χ0v) is 18.6. The zero-order chi connectivity index (χ0) is 22.4. The lowest BCUT2D eigenvalue weighted by Gasteiger charge is -2.15. The molecule has 1 fully saturated rings. The molecular weight excluding hydrogens is 434 g/mol. The molecule has 0 aromatic heterocycles. The van der Waals surface area contributed by atoms with Crippen LogP contribution < -0.4 is 15.6 Å². The Morgan fingerprint density at radius 3 is 2.52 bits per heavy atom. The van der Waals surface area contributed by atoms with Gasteiger partial charge in [-0.15, -0.1) is 0 Å². The second-order valence-corrected chi connectivity index (χ2v) is 8.26. The van der Waals surface area contributed by atoms with Gasteiger partial charge in [0.2, 0.25) is 0 Å². The number of hydrazine groups is 1. The van der Waals surface area contributed by atoms with E-state index >= 15 is 0 Å². The summed E-state index contributed by atoms with van der Waals surface area (Å²) in [6, 6.07) is 14.3. The monoisotopic (exact) mass is 455 g/mol. The van der Waals surface area contributed by atoms with E-state index in [-0.39, 0.29) is 16.8 Å². The van der Waals surface area contributed by atoms with Gasteiger partial charge in [0.15, 0.2) is 0 Å². The molecule has 0 saturated carbocycles. The molecule has 160 valence electrons. The number of hydrogen-bond donors (Lipinski definition) is 2. The maximum absolute atomic E-state index is 12.7. The molecule has 0 atom stereocenters. The average molecular weight is 456 g/mol. The van der Waals surface area contributed by atoms with Crippen LogP contribution in [-0.2, 0) is 9.59 Å². The van der Waals surface area contributed by atoms with Crippen molar-refractivity contribution in [2.45, 2.75) is 13.8 Å². The van der Waals surface area contributed by atoms with Crippen LogP contribution in [0.2, 0.25) is 0 Å². The maximum Gasteiger partial charge on any atom is 0.269 e. The van der Waals surface area contributed by atoms with Crippen molar-refractivity contribution in [1.82, 2.24) is 15.8 Å². The first kappa shape index (κ1) is 22.5. The molecule has 0 radical (unpaired) electrons. The Bertz CT molecular complexity index is 1050. The van der Waals surface area contributed by atoms with Crippen molar-refractivity contribution < 1.29 is 19.1 Å². The van der Waals surface area contributed by atoms with Crippen LogP contribution in [0.5, 0.6) is 5.75 Å². The largest absolute Gasteiger partial charge is 0.494 e. The molecule has 2 aromatic rings.